The molecule has 4 heteroatoms. The Labute approximate surface area is 112 Å². The molecule has 0 atom stereocenters. The van der Waals surface area contributed by atoms with Crippen LogP contribution in [0.25, 0.3) is 0 Å². The van der Waals surface area contributed by atoms with E-state index in [1.807, 2.05) is 44.3 Å². The van der Waals surface area contributed by atoms with Crippen molar-refractivity contribution in [3.63, 3.8) is 0 Å². The summed E-state index contributed by atoms with van der Waals surface area (Å²) in [6.45, 7) is 3.13. The Morgan fingerprint density at radius 2 is 2.06 bits per heavy atom. The van der Waals surface area contributed by atoms with Gasteiger partial charge in [0.05, 0.1) is 6.54 Å². The first-order chi connectivity index (χ1) is 8.60. The van der Waals surface area contributed by atoms with Gasteiger partial charge in [0.2, 0.25) is 0 Å². The molecule has 0 aliphatic carbocycles. The number of nitrogens with two attached hydrogens (primary N) is 1. The first kappa shape index (κ1) is 13.0. The van der Waals surface area contributed by atoms with Crippen LogP contribution in [0.5, 0.6) is 0 Å². The van der Waals surface area contributed by atoms with Gasteiger partial charge in [-0.2, -0.15) is 0 Å². The molecule has 0 fully saturated rings. The maximum absolute atomic E-state index is 6.03. The summed E-state index contributed by atoms with van der Waals surface area (Å²) >= 11 is 6.03. The molecule has 0 saturated heterocycles. The minimum absolute atomic E-state index is 0.494. The zero-order valence-corrected chi connectivity index (χ0v) is 11.4. The average Bonchev–Trinajstić information content (AvgIpc) is 2.74. The van der Waals surface area contributed by atoms with E-state index in [1.54, 1.807) is 0 Å². The fourth-order valence-electron chi connectivity index (χ4n) is 1.95. The van der Waals surface area contributed by atoms with Crippen LogP contribution < -0.4 is 10.6 Å². The fourth-order valence-corrected chi connectivity index (χ4v) is 2.12. The van der Waals surface area contributed by atoms with Crippen molar-refractivity contribution in [1.29, 1.82) is 0 Å². The van der Waals surface area contributed by atoms with Gasteiger partial charge in [0.15, 0.2) is 0 Å². The fraction of sp³-hybridized carbons (Fsp3) is 0.286. The lowest BCUT2D eigenvalue weighted by Crippen LogP contribution is -2.18. The summed E-state index contributed by atoms with van der Waals surface area (Å²) in [6.07, 6.45) is 0. The number of benzene rings is 1. The van der Waals surface area contributed by atoms with Crippen molar-refractivity contribution in [3.8, 4) is 0 Å². The summed E-state index contributed by atoms with van der Waals surface area (Å²) in [5.41, 5.74) is 7.86. The maximum atomic E-state index is 6.03. The summed E-state index contributed by atoms with van der Waals surface area (Å²) < 4.78 is 5.57. The Bertz CT molecular complexity index is 536. The van der Waals surface area contributed by atoms with E-state index < -0.39 is 0 Å². The van der Waals surface area contributed by atoms with E-state index in [0.717, 1.165) is 22.8 Å². The Morgan fingerprint density at radius 3 is 2.67 bits per heavy atom. The minimum atomic E-state index is 0.494. The van der Waals surface area contributed by atoms with Gasteiger partial charge < -0.3 is 15.1 Å². The topological polar surface area (TPSA) is 42.4 Å². The van der Waals surface area contributed by atoms with Crippen LogP contribution in [0.2, 0.25) is 5.02 Å². The molecule has 0 unspecified atom stereocenters. The lowest BCUT2D eigenvalue weighted by Gasteiger charge is -2.21. The largest absolute Gasteiger partial charge is 0.464 e. The van der Waals surface area contributed by atoms with Crippen LogP contribution in [0.3, 0.4) is 0 Å². The SMILES string of the molecule is Cc1ccc(CN(C)c2cc(Cl)ccc2CN)o1. The van der Waals surface area contributed by atoms with Crippen molar-refractivity contribution in [2.45, 2.75) is 20.0 Å². The van der Waals surface area contributed by atoms with Gasteiger partial charge in [0, 0.05) is 24.3 Å². The number of anilines is 1. The zero-order chi connectivity index (χ0) is 13.1. The van der Waals surface area contributed by atoms with Crippen molar-refractivity contribution >= 4 is 17.3 Å². The number of aryl methyl sites for hydroxylation is 1. The van der Waals surface area contributed by atoms with Crippen LogP contribution in [-0.4, -0.2) is 7.05 Å². The molecule has 2 N–H and O–H groups in total. The monoisotopic (exact) mass is 264 g/mol. The highest BCUT2D eigenvalue weighted by atomic mass is 35.5. The lowest BCUT2D eigenvalue weighted by molar-refractivity contribution is 0.481. The average molecular weight is 265 g/mol. The Balaban J connectivity index is 2.22. The molecule has 0 aliphatic heterocycles. The second kappa shape index (κ2) is 5.46. The van der Waals surface area contributed by atoms with E-state index in [-0.39, 0.29) is 0 Å². The van der Waals surface area contributed by atoms with Gasteiger partial charge in [-0.1, -0.05) is 17.7 Å². The molecule has 2 aromatic rings. The van der Waals surface area contributed by atoms with Gasteiger partial charge in [-0.3, -0.25) is 0 Å². The number of hydrogen-bond acceptors (Lipinski definition) is 3. The zero-order valence-electron chi connectivity index (χ0n) is 10.6. The van der Waals surface area contributed by atoms with E-state index in [9.17, 15) is 0 Å². The third kappa shape index (κ3) is 2.86. The van der Waals surface area contributed by atoms with Crippen molar-refractivity contribution in [2.75, 3.05) is 11.9 Å². The minimum Gasteiger partial charge on any atom is -0.464 e. The quantitative estimate of drug-likeness (QED) is 0.921. The second-order valence-corrected chi connectivity index (χ2v) is 4.78. The normalized spacial score (nSPS) is 10.7. The third-order valence-electron chi connectivity index (χ3n) is 2.87. The lowest BCUT2D eigenvalue weighted by atomic mass is 10.1. The van der Waals surface area contributed by atoms with Gasteiger partial charge >= 0.3 is 0 Å². The van der Waals surface area contributed by atoms with Crippen LogP contribution in [0.1, 0.15) is 17.1 Å². The molecule has 1 aromatic heterocycles. The summed E-state index contributed by atoms with van der Waals surface area (Å²) in [4.78, 5) is 2.09. The molecule has 2 rings (SSSR count). The highest BCUT2D eigenvalue weighted by Crippen LogP contribution is 2.25. The molecule has 1 heterocycles. The summed E-state index contributed by atoms with van der Waals surface area (Å²) in [6, 6.07) is 9.70. The number of halogens is 1. The van der Waals surface area contributed by atoms with Crippen molar-refractivity contribution < 1.29 is 4.42 Å². The predicted octanol–water partition coefficient (Wildman–Crippen LogP) is 3.34. The Hall–Kier alpha value is -1.45. The molecule has 3 nitrogen and oxygen atoms in total. The maximum Gasteiger partial charge on any atom is 0.123 e. The van der Waals surface area contributed by atoms with E-state index in [2.05, 4.69) is 4.90 Å². The molecule has 1 aromatic carbocycles. The van der Waals surface area contributed by atoms with Crippen molar-refractivity contribution in [2.24, 2.45) is 5.73 Å². The molecule has 0 amide bonds. The van der Waals surface area contributed by atoms with Crippen molar-refractivity contribution in [1.82, 2.24) is 0 Å². The number of nitrogens with zero attached hydrogens (tertiary/aromatic N) is 1. The molecule has 0 aliphatic rings. The number of rotatable bonds is 4. The van der Waals surface area contributed by atoms with Crippen LogP contribution in [0.4, 0.5) is 5.69 Å². The summed E-state index contributed by atoms with van der Waals surface area (Å²) in [5.74, 6) is 1.85. The molecule has 0 radical (unpaired) electrons. The van der Waals surface area contributed by atoms with Crippen LogP contribution >= 0.6 is 11.6 Å². The van der Waals surface area contributed by atoms with Gasteiger partial charge in [-0.05, 0) is 36.8 Å². The number of furan rings is 1. The standard InChI is InChI=1S/C14H17ClN2O/c1-10-3-6-13(18-10)9-17(2)14-7-12(15)5-4-11(14)8-16/h3-7H,8-9,16H2,1-2H3. The van der Waals surface area contributed by atoms with E-state index in [1.165, 1.54) is 0 Å². The van der Waals surface area contributed by atoms with Gasteiger partial charge in [-0.15, -0.1) is 0 Å². The first-order valence-electron chi connectivity index (χ1n) is 5.85. The second-order valence-electron chi connectivity index (χ2n) is 4.35. The summed E-state index contributed by atoms with van der Waals surface area (Å²) in [7, 11) is 2.00. The van der Waals surface area contributed by atoms with E-state index >= 15 is 0 Å². The van der Waals surface area contributed by atoms with Gasteiger partial charge in [0.1, 0.15) is 11.5 Å². The molecular weight excluding hydrogens is 248 g/mol. The van der Waals surface area contributed by atoms with E-state index in [0.29, 0.717) is 18.1 Å². The predicted molar refractivity (Wildman–Crippen MR) is 74.9 cm³/mol. The molecule has 0 spiro atoms. The van der Waals surface area contributed by atoms with Gasteiger partial charge in [0.25, 0.3) is 0 Å². The summed E-state index contributed by atoms with van der Waals surface area (Å²) in [5, 5.41) is 0.713. The highest BCUT2D eigenvalue weighted by molar-refractivity contribution is 6.30. The smallest absolute Gasteiger partial charge is 0.123 e. The Kier molecular flexibility index (Phi) is 3.94. The van der Waals surface area contributed by atoms with Crippen LogP contribution in [-0.2, 0) is 13.1 Å². The number of hydrogen-bond donors (Lipinski definition) is 1. The molecular formula is C14H17ClN2O. The molecule has 96 valence electrons. The third-order valence-corrected chi connectivity index (χ3v) is 3.10. The van der Waals surface area contributed by atoms with Crippen LogP contribution in [0.15, 0.2) is 34.7 Å². The van der Waals surface area contributed by atoms with E-state index in [4.69, 9.17) is 21.8 Å². The molecule has 18 heavy (non-hydrogen) atoms. The molecule has 0 bridgehead atoms. The molecule has 0 saturated carbocycles. The van der Waals surface area contributed by atoms with Crippen molar-refractivity contribution in [3.05, 3.63) is 52.4 Å². The van der Waals surface area contributed by atoms with Gasteiger partial charge in [-0.25, -0.2) is 0 Å². The highest BCUT2D eigenvalue weighted by Gasteiger charge is 2.09. The van der Waals surface area contributed by atoms with Crippen LogP contribution in [0, 0.1) is 6.92 Å². The first-order valence-corrected chi connectivity index (χ1v) is 6.23. The Morgan fingerprint density at radius 1 is 1.28 bits per heavy atom.